The summed E-state index contributed by atoms with van der Waals surface area (Å²) in [7, 11) is 0. The lowest BCUT2D eigenvalue weighted by molar-refractivity contribution is -0.141. The lowest BCUT2D eigenvalue weighted by Gasteiger charge is -2.26. The molecule has 1 fully saturated rings. The average molecular weight is 389 g/mol. The Kier molecular flexibility index (Phi) is 7.36. The molecular formula is C19H27N5O4. The predicted octanol–water partition coefficient (Wildman–Crippen LogP) is -0.397. The Bertz CT molecular complexity index is 733. The molecule has 0 heterocycles. The van der Waals surface area contributed by atoms with Crippen LogP contribution in [0.5, 0.6) is 0 Å². The average Bonchev–Trinajstić information content (AvgIpc) is 3.03. The molecule has 1 aliphatic carbocycles. The highest BCUT2D eigenvalue weighted by atomic mass is 16.4. The number of carbonyl (C=O) groups excluding carboxylic acids is 2. The van der Waals surface area contributed by atoms with Gasteiger partial charge < -0.3 is 27.2 Å². The molecule has 9 heteroatoms. The van der Waals surface area contributed by atoms with Crippen LogP contribution in [0.1, 0.15) is 25.3 Å². The first-order valence-corrected chi connectivity index (χ1v) is 9.18. The van der Waals surface area contributed by atoms with Crippen LogP contribution >= 0.6 is 0 Å². The minimum Gasteiger partial charge on any atom is -0.481 e. The number of carboxylic acids is 1. The SMILES string of the molecule is CC(=O)NC(C(=O)NCCc1ccccc1)[C@H]1CC(C(=O)O)C[C@@H]1N=C(N)N. The molecule has 152 valence electrons. The second-order valence-corrected chi connectivity index (χ2v) is 7.00. The first-order valence-electron chi connectivity index (χ1n) is 9.18. The maximum Gasteiger partial charge on any atom is 0.306 e. The maximum absolute atomic E-state index is 12.8. The van der Waals surface area contributed by atoms with Gasteiger partial charge in [-0.15, -0.1) is 0 Å². The van der Waals surface area contributed by atoms with E-state index in [9.17, 15) is 19.5 Å². The number of guanidine groups is 1. The molecular weight excluding hydrogens is 362 g/mol. The van der Waals surface area contributed by atoms with Crippen molar-refractivity contribution >= 4 is 23.7 Å². The van der Waals surface area contributed by atoms with E-state index >= 15 is 0 Å². The first-order chi connectivity index (χ1) is 13.3. The van der Waals surface area contributed by atoms with E-state index < -0.39 is 29.9 Å². The summed E-state index contributed by atoms with van der Waals surface area (Å²) in [5.74, 6) is -3.09. The highest BCUT2D eigenvalue weighted by molar-refractivity contribution is 5.87. The van der Waals surface area contributed by atoms with Crippen molar-refractivity contribution in [2.75, 3.05) is 6.54 Å². The van der Waals surface area contributed by atoms with Crippen LogP contribution in [0.15, 0.2) is 35.3 Å². The third kappa shape index (κ3) is 5.97. The third-order valence-electron chi connectivity index (χ3n) is 4.87. The van der Waals surface area contributed by atoms with Crippen LogP contribution in [0.2, 0.25) is 0 Å². The highest BCUT2D eigenvalue weighted by Gasteiger charge is 2.44. The molecule has 7 N–H and O–H groups in total. The number of benzene rings is 1. The Labute approximate surface area is 163 Å². The molecule has 0 spiro atoms. The Balaban J connectivity index is 2.11. The molecule has 0 radical (unpaired) electrons. The van der Waals surface area contributed by atoms with E-state index in [0.717, 1.165) is 5.56 Å². The zero-order valence-corrected chi connectivity index (χ0v) is 15.8. The summed E-state index contributed by atoms with van der Waals surface area (Å²) in [4.78, 5) is 40.0. The van der Waals surface area contributed by atoms with Gasteiger partial charge in [-0.05, 0) is 24.8 Å². The van der Waals surface area contributed by atoms with E-state index in [0.29, 0.717) is 13.0 Å². The monoisotopic (exact) mass is 389 g/mol. The van der Waals surface area contributed by atoms with E-state index in [1.54, 1.807) is 0 Å². The van der Waals surface area contributed by atoms with E-state index in [1.807, 2.05) is 30.3 Å². The Morgan fingerprint density at radius 2 is 1.89 bits per heavy atom. The fourth-order valence-electron chi connectivity index (χ4n) is 3.62. The molecule has 9 nitrogen and oxygen atoms in total. The Hall–Kier alpha value is -3.10. The molecule has 1 aromatic carbocycles. The molecule has 4 atom stereocenters. The third-order valence-corrected chi connectivity index (χ3v) is 4.87. The minimum atomic E-state index is -0.968. The molecule has 0 aliphatic heterocycles. The maximum atomic E-state index is 12.8. The second kappa shape index (κ2) is 9.72. The molecule has 0 saturated heterocycles. The van der Waals surface area contributed by atoms with Gasteiger partial charge in [0.05, 0.1) is 12.0 Å². The number of aliphatic carboxylic acids is 1. The van der Waals surface area contributed by atoms with Gasteiger partial charge in [-0.1, -0.05) is 30.3 Å². The summed E-state index contributed by atoms with van der Waals surface area (Å²) in [6.07, 6.45) is 1.05. The predicted molar refractivity (Wildman–Crippen MR) is 104 cm³/mol. The van der Waals surface area contributed by atoms with Crippen molar-refractivity contribution in [2.45, 2.75) is 38.3 Å². The van der Waals surface area contributed by atoms with Gasteiger partial charge >= 0.3 is 5.97 Å². The number of nitrogens with zero attached hydrogens (tertiary/aromatic N) is 1. The van der Waals surface area contributed by atoms with Gasteiger partial charge in [0, 0.05) is 19.4 Å². The van der Waals surface area contributed by atoms with Crippen LogP contribution in [0, 0.1) is 11.8 Å². The van der Waals surface area contributed by atoms with Gasteiger partial charge in [0.1, 0.15) is 6.04 Å². The number of amides is 2. The smallest absolute Gasteiger partial charge is 0.306 e. The van der Waals surface area contributed by atoms with E-state index in [2.05, 4.69) is 15.6 Å². The van der Waals surface area contributed by atoms with Crippen LogP contribution in [-0.4, -0.2) is 47.5 Å². The molecule has 1 saturated carbocycles. The fraction of sp³-hybridized carbons (Fsp3) is 0.474. The van der Waals surface area contributed by atoms with Crippen molar-refractivity contribution in [3.8, 4) is 0 Å². The van der Waals surface area contributed by atoms with Crippen LogP contribution in [0.3, 0.4) is 0 Å². The zero-order chi connectivity index (χ0) is 20.7. The molecule has 2 unspecified atom stereocenters. The van der Waals surface area contributed by atoms with Crippen molar-refractivity contribution in [1.82, 2.24) is 10.6 Å². The number of hydrogen-bond donors (Lipinski definition) is 5. The van der Waals surface area contributed by atoms with Gasteiger partial charge in [-0.25, -0.2) is 4.99 Å². The summed E-state index contributed by atoms with van der Waals surface area (Å²) in [6.45, 7) is 1.70. The van der Waals surface area contributed by atoms with Crippen molar-refractivity contribution in [3.05, 3.63) is 35.9 Å². The summed E-state index contributed by atoms with van der Waals surface area (Å²) < 4.78 is 0. The van der Waals surface area contributed by atoms with Crippen molar-refractivity contribution < 1.29 is 19.5 Å². The lowest BCUT2D eigenvalue weighted by Crippen LogP contribution is -2.52. The number of rotatable bonds is 8. The van der Waals surface area contributed by atoms with Gasteiger partial charge in [0.25, 0.3) is 0 Å². The number of aliphatic imine (C=N–C) groups is 1. The zero-order valence-electron chi connectivity index (χ0n) is 15.8. The molecule has 2 rings (SSSR count). The molecule has 0 aromatic heterocycles. The molecule has 2 amide bonds. The quantitative estimate of drug-likeness (QED) is 0.300. The van der Waals surface area contributed by atoms with E-state index in [1.165, 1.54) is 6.92 Å². The molecule has 1 aromatic rings. The number of nitrogens with two attached hydrogens (primary N) is 2. The van der Waals surface area contributed by atoms with Crippen LogP contribution in [0.4, 0.5) is 0 Å². The number of carbonyl (C=O) groups is 3. The number of hydrogen-bond acceptors (Lipinski definition) is 4. The number of nitrogens with one attached hydrogen (secondary N) is 2. The van der Waals surface area contributed by atoms with E-state index in [4.69, 9.17) is 11.5 Å². The standard InChI is InChI=1S/C19H27N5O4/c1-11(25)23-16(17(26)22-8-7-12-5-3-2-4-6-12)14-9-13(18(27)28)10-15(14)24-19(20)21/h2-6,13-16H,7-10H2,1H3,(H,22,26)(H,23,25)(H,27,28)(H4,20,21,24)/t13?,14-,15-,16?/m0/s1. The number of carboxylic acid groups (broad SMARTS) is 1. The second-order valence-electron chi connectivity index (χ2n) is 7.00. The van der Waals surface area contributed by atoms with Crippen LogP contribution < -0.4 is 22.1 Å². The highest BCUT2D eigenvalue weighted by Crippen LogP contribution is 2.36. The summed E-state index contributed by atoms with van der Waals surface area (Å²) in [5, 5.41) is 14.8. The molecule has 0 bridgehead atoms. The largest absolute Gasteiger partial charge is 0.481 e. The van der Waals surface area contributed by atoms with Crippen molar-refractivity contribution in [3.63, 3.8) is 0 Å². The van der Waals surface area contributed by atoms with Gasteiger partial charge in [-0.2, -0.15) is 0 Å². The van der Waals surface area contributed by atoms with Gasteiger partial charge in [-0.3, -0.25) is 14.4 Å². The summed E-state index contributed by atoms with van der Waals surface area (Å²) in [6, 6.07) is 8.20. The Morgan fingerprint density at radius 3 is 2.46 bits per heavy atom. The van der Waals surface area contributed by atoms with Gasteiger partial charge in [0.15, 0.2) is 5.96 Å². The summed E-state index contributed by atoms with van der Waals surface area (Å²) >= 11 is 0. The summed E-state index contributed by atoms with van der Waals surface area (Å²) in [5.41, 5.74) is 12.0. The van der Waals surface area contributed by atoms with Crippen molar-refractivity contribution in [1.29, 1.82) is 0 Å². The normalized spacial score (nSPS) is 22.1. The van der Waals surface area contributed by atoms with E-state index in [-0.39, 0.29) is 30.6 Å². The van der Waals surface area contributed by atoms with Gasteiger partial charge in [0.2, 0.25) is 11.8 Å². The minimum absolute atomic E-state index is 0.174. The lowest BCUT2D eigenvalue weighted by atomic mass is 9.92. The van der Waals surface area contributed by atoms with Crippen LogP contribution in [-0.2, 0) is 20.8 Å². The van der Waals surface area contributed by atoms with Crippen LogP contribution in [0.25, 0.3) is 0 Å². The Morgan fingerprint density at radius 1 is 1.21 bits per heavy atom. The van der Waals surface area contributed by atoms with Crippen molar-refractivity contribution in [2.24, 2.45) is 28.3 Å². The topological polar surface area (TPSA) is 160 Å². The first kappa shape index (κ1) is 21.2. The molecule has 28 heavy (non-hydrogen) atoms. The molecule has 1 aliphatic rings. The fourth-order valence-corrected chi connectivity index (χ4v) is 3.62.